The third kappa shape index (κ3) is 7.77. The standard InChI is InChI=1S/C16H18N8.C5H9F.C5H9NO2/c1-11(2)9-23-10-12(8-19-23)13-7-15-17-5-6-24(15)16(20-13)21-14-3-4-18-22-14;6-5-3-1-2-4-5;1-5(2-3-5)6-4(7)8/h3-8,10-11H,9H2,1-2H3,(H2,18,20,21,22);5H,1-4H2;6H,2-3H2,1H3,(H,7,8). The third-order valence-electron chi connectivity index (χ3n) is 6.31. The molecule has 0 aromatic carbocycles. The van der Waals surface area contributed by atoms with Crippen molar-refractivity contribution >= 4 is 23.5 Å². The van der Waals surface area contributed by atoms with Gasteiger partial charge >= 0.3 is 6.09 Å². The summed E-state index contributed by atoms with van der Waals surface area (Å²) in [6.07, 6.45) is 13.6. The summed E-state index contributed by atoms with van der Waals surface area (Å²) in [6, 6.07) is 3.80. The van der Waals surface area contributed by atoms with E-state index < -0.39 is 12.3 Å². The van der Waals surface area contributed by atoms with E-state index in [9.17, 15) is 9.18 Å². The number of nitrogens with zero attached hydrogens (tertiary/aromatic N) is 6. The van der Waals surface area contributed by atoms with Crippen LogP contribution in [-0.2, 0) is 6.54 Å². The van der Waals surface area contributed by atoms with Gasteiger partial charge in [0, 0.05) is 48.4 Å². The molecule has 4 N–H and O–H groups in total. The molecule has 12 heteroatoms. The molecular weight excluding hydrogens is 489 g/mol. The topological polar surface area (TPSA) is 138 Å². The van der Waals surface area contributed by atoms with Gasteiger partial charge in [0.25, 0.3) is 0 Å². The van der Waals surface area contributed by atoms with Gasteiger partial charge in [-0.25, -0.2) is 19.2 Å². The highest BCUT2D eigenvalue weighted by atomic mass is 19.1. The van der Waals surface area contributed by atoms with Gasteiger partial charge in [-0.1, -0.05) is 26.7 Å². The maximum Gasteiger partial charge on any atom is 0.405 e. The van der Waals surface area contributed by atoms with E-state index in [1.807, 2.05) is 46.7 Å². The van der Waals surface area contributed by atoms with Crippen LogP contribution in [0.1, 0.15) is 59.3 Å². The van der Waals surface area contributed by atoms with E-state index in [2.05, 4.69) is 44.8 Å². The average molecular weight is 526 g/mol. The quantitative estimate of drug-likeness (QED) is 0.264. The SMILES string of the molecule is CC(C)Cn1cc(-c2cc3nccn3c(Nc3ccn[nH]3)n2)cn1.CC1(NC(=O)O)CC1.FC1CCCC1. The average Bonchev–Trinajstić information content (AvgIpc) is 3.46. The molecule has 0 radical (unpaired) electrons. The molecule has 6 rings (SSSR count). The van der Waals surface area contributed by atoms with Crippen LogP contribution in [0.2, 0.25) is 0 Å². The molecule has 2 aliphatic rings. The molecule has 11 nitrogen and oxygen atoms in total. The first kappa shape index (κ1) is 27.1. The van der Waals surface area contributed by atoms with Gasteiger partial charge in [0.15, 0.2) is 0 Å². The molecule has 4 aromatic heterocycles. The van der Waals surface area contributed by atoms with Gasteiger partial charge in [0.05, 0.1) is 18.1 Å². The Bertz CT molecular complexity index is 1310. The summed E-state index contributed by atoms with van der Waals surface area (Å²) in [7, 11) is 0. The highest BCUT2D eigenvalue weighted by Gasteiger charge is 2.38. The third-order valence-corrected chi connectivity index (χ3v) is 6.31. The van der Waals surface area contributed by atoms with Crippen LogP contribution < -0.4 is 10.6 Å². The maximum absolute atomic E-state index is 11.9. The number of H-pyrrole nitrogens is 1. The predicted molar refractivity (Wildman–Crippen MR) is 143 cm³/mol. The number of alkyl halides is 1. The molecule has 4 aromatic rings. The second kappa shape index (κ2) is 12.1. The molecule has 38 heavy (non-hydrogen) atoms. The van der Waals surface area contributed by atoms with Gasteiger partial charge in [-0.3, -0.25) is 14.2 Å². The molecule has 0 atom stereocenters. The zero-order valence-corrected chi connectivity index (χ0v) is 22.1. The van der Waals surface area contributed by atoms with Crippen LogP contribution in [-0.4, -0.2) is 57.3 Å². The Morgan fingerprint density at radius 3 is 2.61 bits per heavy atom. The highest BCUT2D eigenvalue weighted by Crippen LogP contribution is 2.33. The number of aromatic nitrogens is 7. The Hall–Kier alpha value is -3.96. The molecule has 2 aliphatic carbocycles. The van der Waals surface area contributed by atoms with Crippen LogP contribution in [0.5, 0.6) is 0 Å². The van der Waals surface area contributed by atoms with E-state index in [4.69, 9.17) is 10.1 Å². The number of imidazole rings is 1. The number of carbonyl (C=O) groups is 1. The maximum atomic E-state index is 11.9. The van der Waals surface area contributed by atoms with Crippen molar-refractivity contribution in [3.05, 3.63) is 43.1 Å². The summed E-state index contributed by atoms with van der Waals surface area (Å²) >= 11 is 0. The number of fused-ring (bicyclic) bond motifs is 1. The zero-order valence-electron chi connectivity index (χ0n) is 22.1. The van der Waals surface area contributed by atoms with Crippen molar-refractivity contribution in [2.45, 2.75) is 77.6 Å². The Morgan fingerprint density at radius 2 is 2.05 bits per heavy atom. The van der Waals surface area contributed by atoms with E-state index in [1.54, 1.807) is 12.4 Å². The molecule has 0 spiro atoms. The van der Waals surface area contributed by atoms with Crippen LogP contribution in [0.25, 0.3) is 16.9 Å². The van der Waals surface area contributed by atoms with E-state index in [-0.39, 0.29) is 5.54 Å². The Morgan fingerprint density at radius 1 is 1.29 bits per heavy atom. The zero-order chi connectivity index (χ0) is 27.1. The fraction of sp³-hybridized carbons (Fsp3) is 0.500. The number of hydrogen-bond acceptors (Lipinski definition) is 6. The number of carboxylic acid groups (broad SMARTS) is 1. The lowest BCUT2D eigenvalue weighted by Crippen LogP contribution is -2.32. The van der Waals surface area contributed by atoms with Crippen molar-refractivity contribution in [3.63, 3.8) is 0 Å². The smallest absolute Gasteiger partial charge is 0.405 e. The van der Waals surface area contributed by atoms with E-state index in [1.165, 1.54) is 0 Å². The number of anilines is 2. The highest BCUT2D eigenvalue weighted by molar-refractivity contribution is 5.66. The van der Waals surface area contributed by atoms with E-state index in [0.29, 0.717) is 11.9 Å². The minimum atomic E-state index is -0.912. The molecule has 0 aliphatic heterocycles. The first-order valence-electron chi connectivity index (χ1n) is 13.0. The Kier molecular flexibility index (Phi) is 8.59. The van der Waals surface area contributed by atoms with Gasteiger partial charge < -0.3 is 15.7 Å². The monoisotopic (exact) mass is 525 g/mol. The number of nitrogens with one attached hydrogen (secondary N) is 3. The number of hydrogen-bond donors (Lipinski definition) is 4. The molecule has 0 saturated heterocycles. The van der Waals surface area contributed by atoms with Crippen LogP contribution in [0, 0.1) is 5.92 Å². The first-order chi connectivity index (χ1) is 18.2. The molecule has 2 fully saturated rings. The van der Waals surface area contributed by atoms with Crippen molar-refractivity contribution in [2.24, 2.45) is 5.92 Å². The number of amides is 1. The summed E-state index contributed by atoms with van der Waals surface area (Å²) in [4.78, 5) is 19.0. The largest absolute Gasteiger partial charge is 0.465 e. The molecule has 0 bridgehead atoms. The van der Waals surface area contributed by atoms with Crippen LogP contribution in [0.4, 0.5) is 21.0 Å². The van der Waals surface area contributed by atoms with Crippen molar-refractivity contribution in [2.75, 3.05) is 5.32 Å². The fourth-order valence-corrected chi connectivity index (χ4v) is 4.02. The molecule has 1 amide bonds. The second-order valence-corrected chi connectivity index (χ2v) is 10.4. The van der Waals surface area contributed by atoms with Crippen LogP contribution >= 0.6 is 0 Å². The number of halogens is 1. The lowest BCUT2D eigenvalue weighted by Gasteiger charge is -2.08. The van der Waals surface area contributed by atoms with Gasteiger partial charge in [0.2, 0.25) is 5.95 Å². The van der Waals surface area contributed by atoms with Gasteiger partial charge in [0.1, 0.15) is 17.6 Å². The minimum absolute atomic E-state index is 0.0775. The summed E-state index contributed by atoms with van der Waals surface area (Å²) in [5, 5.41) is 25.1. The van der Waals surface area contributed by atoms with Gasteiger partial charge in [-0.15, -0.1) is 0 Å². The number of aromatic amines is 1. The summed E-state index contributed by atoms with van der Waals surface area (Å²) in [6.45, 7) is 7.12. The minimum Gasteiger partial charge on any atom is -0.465 e. The van der Waals surface area contributed by atoms with Crippen molar-refractivity contribution < 1.29 is 14.3 Å². The molecule has 0 unspecified atom stereocenters. The normalized spacial score (nSPS) is 15.9. The lowest BCUT2D eigenvalue weighted by atomic mass is 10.2. The fourth-order valence-electron chi connectivity index (χ4n) is 4.02. The lowest BCUT2D eigenvalue weighted by molar-refractivity contribution is 0.189. The van der Waals surface area contributed by atoms with E-state index >= 15 is 0 Å². The summed E-state index contributed by atoms with van der Waals surface area (Å²) in [5.74, 6) is 1.98. The van der Waals surface area contributed by atoms with Gasteiger partial charge in [-0.05, 0) is 38.5 Å². The Balaban J connectivity index is 0.000000195. The Labute approximate surface area is 220 Å². The van der Waals surface area contributed by atoms with Crippen molar-refractivity contribution in [3.8, 4) is 11.3 Å². The van der Waals surface area contributed by atoms with Crippen molar-refractivity contribution in [1.82, 2.24) is 39.7 Å². The second-order valence-electron chi connectivity index (χ2n) is 10.4. The molecule has 2 saturated carbocycles. The predicted octanol–water partition coefficient (Wildman–Crippen LogP) is 5.42. The van der Waals surface area contributed by atoms with Crippen molar-refractivity contribution in [1.29, 1.82) is 0 Å². The summed E-state index contributed by atoms with van der Waals surface area (Å²) < 4.78 is 15.8. The molecule has 4 heterocycles. The molecule has 204 valence electrons. The number of rotatable bonds is 6. The molecular formula is C26H36FN9O2. The first-order valence-corrected chi connectivity index (χ1v) is 13.0. The van der Waals surface area contributed by atoms with Crippen LogP contribution in [0.3, 0.4) is 0 Å². The van der Waals surface area contributed by atoms with Crippen LogP contribution in [0.15, 0.2) is 43.1 Å². The van der Waals surface area contributed by atoms with E-state index in [0.717, 1.165) is 67.8 Å². The summed E-state index contributed by atoms with van der Waals surface area (Å²) in [5.41, 5.74) is 2.53. The van der Waals surface area contributed by atoms with Gasteiger partial charge in [-0.2, -0.15) is 10.2 Å².